The van der Waals surface area contributed by atoms with E-state index >= 15 is 0 Å². The molecule has 1 heterocycles. The minimum absolute atomic E-state index is 0.408. The lowest BCUT2D eigenvalue weighted by molar-refractivity contribution is 0.226. The van der Waals surface area contributed by atoms with Crippen molar-refractivity contribution in [3.63, 3.8) is 0 Å². The zero-order chi connectivity index (χ0) is 15.5. The summed E-state index contributed by atoms with van der Waals surface area (Å²) in [7, 11) is -1.45. The molecule has 1 aliphatic heterocycles. The summed E-state index contributed by atoms with van der Waals surface area (Å²) in [6.45, 7) is 6.47. The fraction of sp³-hybridized carbons (Fsp3) is 0.625. The predicted octanol–water partition coefficient (Wildman–Crippen LogP) is 2.46. The lowest BCUT2D eigenvalue weighted by Gasteiger charge is -2.33. The normalized spacial score (nSPS) is 18.3. The van der Waals surface area contributed by atoms with Crippen molar-refractivity contribution in [3.8, 4) is 0 Å². The molecule has 0 atom stereocenters. The number of hydrogen-bond acceptors (Lipinski definition) is 3. The summed E-state index contributed by atoms with van der Waals surface area (Å²) in [6.07, 6.45) is 1.93. The third kappa shape index (κ3) is 3.84. The highest BCUT2D eigenvalue weighted by molar-refractivity contribution is 7.89. The van der Waals surface area contributed by atoms with Gasteiger partial charge in [-0.3, -0.25) is 0 Å². The van der Waals surface area contributed by atoms with Crippen LogP contribution in [0.3, 0.4) is 0 Å². The average molecular weight is 310 g/mol. The molecule has 5 heteroatoms. The zero-order valence-electron chi connectivity index (χ0n) is 13.2. The summed E-state index contributed by atoms with van der Waals surface area (Å²) in [6, 6.07) is 7.20. The quantitative estimate of drug-likeness (QED) is 0.909. The molecule has 1 N–H and O–H groups in total. The van der Waals surface area contributed by atoms with Crippen molar-refractivity contribution in [1.29, 1.82) is 0 Å². The van der Waals surface area contributed by atoms with Crippen molar-refractivity contribution in [1.82, 2.24) is 9.62 Å². The molecule has 0 amide bonds. The van der Waals surface area contributed by atoms with Gasteiger partial charge in [-0.15, -0.1) is 0 Å². The van der Waals surface area contributed by atoms with E-state index in [1.807, 2.05) is 19.2 Å². The van der Waals surface area contributed by atoms with Gasteiger partial charge in [0.1, 0.15) is 0 Å². The number of sulfonamides is 1. The minimum atomic E-state index is -3.33. The molecule has 1 aromatic rings. The first-order valence-corrected chi connectivity index (χ1v) is 9.13. The molecule has 0 radical (unpaired) electrons. The van der Waals surface area contributed by atoms with Gasteiger partial charge in [0.2, 0.25) is 10.0 Å². The van der Waals surface area contributed by atoms with E-state index in [2.05, 4.69) is 19.2 Å². The largest absolute Gasteiger partial charge is 0.316 e. The molecule has 0 aromatic heterocycles. The highest BCUT2D eigenvalue weighted by Crippen LogP contribution is 2.28. The van der Waals surface area contributed by atoms with Crippen LogP contribution in [0.15, 0.2) is 29.2 Å². The first-order chi connectivity index (χ1) is 9.95. The predicted molar refractivity (Wildman–Crippen MR) is 85.5 cm³/mol. The molecule has 1 aliphatic rings. The van der Waals surface area contributed by atoms with Gasteiger partial charge in [-0.05, 0) is 49.4 Å². The SMILES string of the molecule is CNCc1ccc(S(=O)(=O)N2CCC(C(C)C)CC2)cc1. The highest BCUT2D eigenvalue weighted by Gasteiger charge is 2.30. The molecule has 2 rings (SSSR count). The van der Waals surface area contributed by atoms with E-state index in [1.54, 1.807) is 16.4 Å². The van der Waals surface area contributed by atoms with Crippen LogP contribution >= 0.6 is 0 Å². The molecule has 0 unspecified atom stereocenters. The van der Waals surface area contributed by atoms with Gasteiger partial charge in [0.25, 0.3) is 0 Å². The van der Waals surface area contributed by atoms with E-state index in [0.717, 1.165) is 24.9 Å². The van der Waals surface area contributed by atoms with E-state index in [9.17, 15) is 8.42 Å². The van der Waals surface area contributed by atoms with E-state index in [0.29, 0.717) is 29.8 Å². The smallest absolute Gasteiger partial charge is 0.243 e. The van der Waals surface area contributed by atoms with Crippen LogP contribution in [0.25, 0.3) is 0 Å². The summed E-state index contributed by atoms with van der Waals surface area (Å²) in [5, 5.41) is 3.06. The first-order valence-electron chi connectivity index (χ1n) is 7.69. The second-order valence-corrected chi connectivity index (χ2v) is 8.10. The summed E-state index contributed by atoms with van der Waals surface area (Å²) in [5.74, 6) is 1.28. The molecule has 118 valence electrons. The van der Waals surface area contributed by atoms with Gasteiger partial charge in [-0.2, -0.15) is 4.31 Å². The number of hydrogen-bond donors (Lipinski definition) is 1. The number of piperidine rings is 1. The van der Waals surface area contributed by atoms with Crippen molar-refractivity contribution in [3.05, 3.63) is 29.8 Å². The van der Waals surface area contributed by atoms with Crippen LogP contribution in [0.5, 0.6) is 0 Å². The summed E-state index contributed by atoms with van der Waals surface area (Å²) in [4.78, 5) is 0.408. The molecule has 4 nitrogen and oxygen atoms in total. The van der Waals surface area contributed by atoms with Crippen LogP contribution in [0, 0.1) is 11.8 Å². The lowest BCUT2D eigenvalue weighted by Crippen LogP contribution is -2.39. The zero-order valence-corrected chi connectivity index (χ0v) is 14.0. The summed E-state index contributed by atoms with van der Waals surface area (Å²) < 4.78 is 26.9. The molecule has 0 bridgehead atoms. The first kappa shape index (κ1) is 16.5. The Kier molecular flexibility index (Phi) is 5.41. The van der Waals surface area contributed by atoms with Crippen LogP contribution in [0.4, 0.5) is 0 Å². The molecular formula is C16H26N2O2S. The van der Waals surface area contributed by atoms with Gasteiger partial charge in [0, 0.05) is 19.6 Å². The maximum Gasteiger partial charge on any atom is 0.243 e. The molecule has 21 heavy (non-hydrogen) atoms. The number of benzene rings is 1. The van der Waals surface area contributed by atoms with Crippen LogP contribution in [-0.2, 0) is 16.6 Å². The topological polar surface area (TPSA) is 49.4 Å². The maximum absolute atomic E-state index is 12.6. The standard InChI is InChI=1S/C16H26N2O2S/c1-13(2)15-8-10-18(11-9-15)21(19,20)16-6-4-14(5-7-16)12-17-3/h4-7,13,15,17H,8-12H2,1-3H3. The molecule has 1 fully saturated rings. The van der Waals surface area contributed by atoms with E-state index in [-0.39, 0.29) is 0 Å². The number of nitrogens with zero attached hydrogens (tertiary/aromatic N) is 1. The number of nitrogens with one attached hydrogen (secondary N) is 1. The van der Waals surface area contributed by atoms with E-state index < -0.39 is 10.0 Å². The molecule has 0 saturated carbocycles. The fourth-order valence-corrected chi connectivity index (χ4v) is 4.38. The van der Waals surface area contributed by atoms with E-state index in [1.165, 1.54) is 0 Å². The Bertz CT molecular complexity index is 544. The minimum Gasteiger partial charge on any atom is -0.316 e. The van der Waals surface area contributed by atoms with Crippen LogP contribution in [0.1, 0.15) is 32.3 Å². The Labute approximate surface area is 128 Å². The van der Waals surface area contributed by atoms with Crippen LogP contribution in [-0.4, -0.2) is 32.9 Å². The van der Waals surface area contributed by atoms with E-state index in [4.69, 9.17) is 0 Å². The average Bonchev–Trinajstić information content (AvgIpc) is 2.48. The third-order valence-corrected chi connectivity index (χ3v) is 6.30. The lowest BCUT2D eigenvalue weighted by atomic mass is 9.87. The van der Waals surface area contributed by atoms with Gasteiger partial charge in [-0.25, -0.2) is 8.42 Å². The Hall–Kier alpha value is -0.910. The monoisotopic (exact) mass is 310 g/mol. The third-order valence-electron chi connectivity index (χ3n) is 4.38. The van der Waals surface area contributed by atoms with Gasteiger partial charge in [0.15, 0.2) is 0 Å². The van der Waals surface area contributed by atoms with Crippen LogP contribution in [0.2, 0.25) is 0 Å². The van der Waals surface area contributed by atoms with Gasteiger partial charge >= 0.3 is 0 Å². The Balaban J connectivity index is 2.08. The Morgan fingerprint density at radius 1 is 1.19 bits per heavy atom. The summed E-state index contributed by atoms with van der Waals surface area (Å²) >= 11 is 0. The van der Waals surface area contributed by atoms with Crippen molar-refractivity contribution in [2.45, 2.75) is 38.1 Å². The fourth-order valence-electron chi connectivity index (χ4n) is 2.92. The molecule has 1 aromatic carbocycles. The Morgan fingerprint density at radius 2 is 1.76 bits per heavy atom. The van der Waals surface area contributed by atoms with Gasteiger partial charge < -0.3 is 5.32 Å². The highest BCUT2D eigenvalue weighted by atomic mass is 32.2. The molecule has 1 saturated heterocycles. The molecular weight excluding hydrogens is 284 g/mol. The second kappa shape index (κ2) is 6.90. The summed E-state index contributed by atoms with van der Waals surface area (Å²) in [5.41, 5.74) is 1.09. The second-order valence-electron chi connectivity index (χ2n) is 6.16. The Morgan fingerprint density at radius 3 is 2.24 bits per heavy atom. The number of rotatable bonds is 5. The van der Waals surface area contributed by atoms with Gasteiger partial charge in [-0.1, -0.05) is 26.0 Å². The molecule has 0 spiro atoms. The van der Waals surface area contributed by atoms with Crippen molar-refractivity contribution < 1.29 is 8.42 Å². The van der Waals surface area contributed by atoms with Crippen molar-refractivity contribution in [2.24, 2.45) is 11.8 Å². The van der Waals surface area contributed by atoms with Crippen LogP contribution < -0.4 is 5.32 Å². The van der Waals surface area contributed by atoms with Crippen molar-refractivity contribution >= 4 is 10.0 Å². The van der Waals surface area contributed by atoms with Gasteiger partial charge in [0.05, 0.1) is 4.90 Å². The van der Waals surface area contributed by atoms with Crippen molar-refractivity contribution in [2.75, 3.05) is 20.1 Å². The maximum atomic E-state index is 12.6. The molecule has 0 aliphatic carbocycles.